The van der Waals surface area contributed by atoms with Crippen LogP contribution in [0.5, 0.6) is 0 Å². The summed E-state index contributed by atoms with van der Waals surface area (Å²) in [6.07, 6.45) is 0.808. The molecule has 0 spiro atoms. The zero-order valence-electron chi connectivity index (χ0n) is 10.9. The molecular formula is C13H14N2O5. The lowest BCUT2D eigenvalue weighted by Crippen LogP contribution is -2.21. The molecule has 0 bridgehead atoms. The van der Waals surface area contributed by atoms with E-state index in [2.05, 4.69) is 5.32 Å². The Bertz CT molecular complexity index is 540. The van der Waals surface area contributed by atoms with Gasteiger partial charge in [0, 0.05) is 17.8 Å². The normalized spacial score (nSPS) is 20.1. The van der Waals surface area contributed by atoms with Crippen LogP contribution in [-0.4, -0.2) is 23.4 Å². The number of nitro benzene ring substituents is 1. The fraction of sp³-hybridized carbons (Fsp3) is 0.385. The molecule has 106 valence electrons. The number of non-ortho nitro benzene ring substituents is 1. The van der Waals surface area contributed by atoms with Gasteiger partial charge in [0.1, 0.15) is 0 Å². The van der Waals surface area contributed by atoms with E-state index in [9.17, 15) is 19.7 Å². The first kappa shape index (κ1) is 14.0. The van der Waals surface area contributed by atoms with Gasteiger partial charge in [-0.15, -0.1) is 0 Å². The lowest BCUT2D eigenvalue weighted by Gasteiger charge is -2.06. The van der Waals surface area contributed by atoms with Crippen molar-refractivity contribution in [1.82, 2.24) is 0 Å². The predicted octanol–water partition coefficient (Wildman–Crippen LogP) is 1.73. The Balaban J connectivity index is 1.79. The molecule has 2 atom stereocenters. The molecule has 2 unspecified atom stereocenters. The van der Waals surface area contributed by atoms with Gasteiger partial charge in [0.25, 0.3) is 11.6 Å². The van der Waals surface area contributed by atoms with Crippen LogP contribution in [0.2, 0.25) is 0 Å². The number of nitrogens with one attached hydrogen (secondary N) is 1. The summed E-state index contributed by atoms with van der Waals surface area (Å²) in [6.45, 7) is 1.60. The molecule has 1 amide bonds. The van der Waals surface area contributed by atoms with E-state index in [1.807, 2.05) is 6.92 Å². The first-order valence-corrected chi connectivity index (χ1v) is 6.18. The van der Waals surface area contributed by atoms with Gasteiger partial charge < -0.3 is 10.1 Å². The van der Waals surface area contributed by atoms with Crippen molar-refractivity contribution in [3.05, 3.63) is 34.4 Å². The topological polar surface area (TPSA) is 98.5 Å². The summed E-state index contributed by atoms with van der Waals surface area (Å²) >= 11 is 0. The number of carbonyl (C=O) groups is 2. The van der Waals surface area contributed by atoms with E-state index in [0.717, 1.165) is 6.42 Å². The number of carbonyl (C=O) groups excluding carboxylic acids is 2. The Labute approximate surface area is 115 Å². The summed E-state index contributed by atoms with van der Waals surface area (Å²) in [4.78, 5) is 32.9. The van der Waals surface area contributed by atoms with Gasteiger partial charge in [-0.1, -0.05) is 6.92 Å². The van der Waals surface area contributed by atoms with Gasteiger partial charge in [0.15, 0.2) is 6.61 Å². The zero-order chi connectivity index (χ0) is 14.7. The van der Waals surface area contributed by atoms with Crippen LogP contribution in [0.25, 0.3) is 0 Å². The van der Waals surface area contributed by atoms with E-state index in [0.29, 0.717) is 11.6 Å². The third kappa shape index (κ3) is 3.53. The van der Waals surface area contributed by atoms with Crippen LogP contribution >= 0.6 is 0 Å². The number of hydrogen-bond donors (Lipinski definition) is 1. The number of nitro groups is 1. The van der Waals surface area contributed by atoms with E-state index < -0.39 is 10.8 Å². The molecule has 1 aliphatic carbocycles. The minimum Gasteiger partial charge on any atom is -0.455 e. The minimum absolute atomic E-state index is 0.0582. The lowest BCUT2D eigenvalue weighted by atomic mass is 10.3. The Morgan fingerprint density at radius 1 is 1.40 bits per heavy atom. The second-order valence-electron chi connectivity index (χ2n) is 4.78. The summed E-state index contributed by atoms with van der Waals surface area (Å²) in [5, 5.41) is 13.0. The summed E-state index contributed by atoms with van der Waals surface area (Å²) in [5.74, 6) is -0.570. The molecule has 1 saturated carbocycles. The number of hydrogen-bond acceptors (Lipinski definition) is 5. The van der Waals surface area contributed by atoms with Crippen molar-refractivity contribution < 1.29 is 19.2 Å². The maximum Gasteiger partial charge on any atom is 0.309 e. The first-order chi connectivity index (χ1) is 9.47. The van der Waals surface area contributed by atoms with Crippen LogP contribution in [0.4, 0.5) is 11.4 Å². The summed E-state index contributed by atoms with van der Waals surface area (Å²) in [5.41, 5.74) is 0.355. The number of anilines is 1. The van der Waals surface area contributed by atoms with E-state index in [1.54, 1.807) is 0 Å². The summed E-state index contributed by atoms with van der Waals surface area (Å²) in [6, 6.07) is 5.41. The predicted molar refractivity (Wildman–Crippen MR) is 70.0 cm³/mol. The molecule has 1 aromatic carbocycles. The second kappa shape index (κ2) is 5.68. The number of amides is 1. The van der Waals surface area contributed by atoms with E-state index in [-0.39, 0.29) is 24.2 Å². The lowest BCUT2D eigenvalue weighted by molar-refractivity contribution is -0.384. The van der Waals surface area contributed by atoms with Crippen molar-refractivity contribution in [3.63, 3.8) is 0 Å². The molecule has 1 aromatic rings. The average Bonchev–Trinajstić information content (AvgIpc) is 3.14. The molecule has 2 rings (SSSR count). The van der Waals surface area contributed by atoms with E-state index >= 15 is 0 Å². The fourth-order valence-electron chi connectivity index (χ4n) is 1.76. The molecule has 1 N–H and O–H groups in total. The zero-order valence-corrected chi connectivity index (χ0v) is 10.9. The fourth-order valence-corrected chi connectivity index (χ4v) is 1.76. The Morgan fingerprint density at radius 3 is 2.50 bits per heavy atom. The van der Waals surface area contributed by atoms with E-state index in [4.69, 9.17) is 4.74 Å². The molecule has 0 saturated heterocycles. The van der Waals surface area contributed by atoms with Crippen molar-refractivity contribution in [2.24, 2.45) is 11.8 Å². The SMILES string of the molecule is CC1CC1C(=O)OCC(=O)Nc1ccc([N+](=O)[O-])cc1. The van der Waals surface area contributed by atoms with Crippen LogP contribution < -0.4 is 5.32 Å². The highest BCUT2D eigenvalue weighted by Crippen LogP contribution is 2.38. The number of nitrogens with zero attached hydrogens (tertiary/aromatic N) is 1. The van der Waals surface area contributed by atoms with Crippen molar-refractivity contribution >= 4 is 23.3 Å². The smallest absolute Gasteiger partial charge is 0.309 e. The standard InChI is InChI=1S/C13H14N2O5/c1-8-6-11(8)13(17)20-7-12(16)14-9-2-4-10(5-3-9)15(18)19/h2-5,8,11H,6-7H2,1H3,(H,14,16). The minimum atomic E-state index is -0.524. The molecule has 0 aliphatic heterocycles. The monoisotopic (exact) mass is 278 g/mol. The summed E-state index contributed by atoms with van der Waals surface area (Å²) < 4.78 is 4.87. The molecule has 7 nitrogen and oxygen atoms in total. The third-order valence-electron chi connectivity index (χ3n) is 3.12. The molecular weight excluding hydrogens is 264 g/mol. The largest absolute Gasteiger partial charge is 0.455 e. The quantitative estimate of drug-likeness (QED) is 0.502. The van der Waals surface area contributed by atoms with Crippen molar-refractivity contribution in [2.45, 2.75) is 13.3 Å². The van der Waals surface area contributed by atoms with E-state index in [1.165, 1.54) is 24.3 Å². The Kier molecular flexibility index (Phi) is 3.97. The number of benzene rings is 1. The van der Waals surface area contributed by atoms with Gasteiger partial charge in [0.05, 0.1) is 10.8 Å². The van der Waals surface area contributed by atoms with Crippen LogP contribution in [0, 0.1) is 22.0 Å². The number of ether oxygens (including phenoxy) is 1. The average molecular weight is 278 g/mol. The maximum absolute atomic E-state index is 11.5. The van der Waals surface area contributed by atoms with Gasteiger partial charge in [-0.2, -0.15) is 0 Å². The van der Waals surface area contributed by atoms with Crippen LogP contribution in [0.15, 0.2) is 24.3 Å². The van der Waals surface area contributed by atoms with Crippen molar-refractivity contribution in [3.8, 4) is 0 Å². The highest BCUT2D eigenvalue weighted by Gasteiger charge is 2.40. The van der Waals surface area contributed by atoms with Gasteiger partial charge in [-0.25, -0.2) is 0 Å². The molecule has 0 aromatic heterocycles. The van der Waals surface area contributed by atoms with Crippen molar-refractivity contribution in [2.75, 3.05) is 11.9 Å². The molecule has 20 heavy (non-hydrogen) atoms. The van der Waals surface area contributed by atoms with Gasteiger partial charge in [-0.05, 0) is 24.5 Å². The molecule has 0 heterocycles. The van der Waals surface area contributed by atoms with Crippen LogP contribution in [0.1, 0.15) is 13.3 Å². The Morgan fingerprint density at radius 2 is 2.00 bits per heavy atom. The Hall–Kier alpha value is -2.44. The van der Waals surface area contributed by atoms with Crippen molar-refractivity contribution in [1.29, 1.82) is 0 Å². The van der Waals surface area contributed by atoms with Crippen LogP contribution in [0.3, 0.4) is 0 Å². The van der Waals surface area contributed by atoms with Gasteiger partial charge >= 0.3 is 5.97 Å². The second-order valence-corrected chi connectivity index (χ2v) is 4.78. The highest BCUT2D eigenvalue weighted by atomic mass is 16.6. The third-order valence-corrected chi connectivity index (χ3v) is 3.12. The number of esters is 1. The molecule has 1 aliphatic rings. The maximum atomic E-state index is 11.5. The molecule has 0 radical (unpaired) electrons. The van der Waals surface area contributed by atoms with Crippen LogP contribution in [-0.2, 0) is 14.3 Å². The summed E-state index contributed by atoms with van der Waals surface area (Å²) in [7, 11) is 0. The molecule has 1 fully saturated rings. The first-order valence-electron chi connectivity index (χ1n) is 6.18. The van der Waals surface area contributed by atoms with Gasteiger partial charge in [0.2, 0.25) is 0 Å². The van der Waals surface area contributed by atoms with Gasteiger partial charge in [-0.3, -0.25) is 19.7 Å². The number of rotatable bonds is 5. The molecule has 7 heteroatoms. The highest BCUT2D eigenvalue weighted by molar-refractivity contribution is 5.93.